The molecule has 0 radical (unpaired) electrons. The van der Waals surface area contributed by atoms with Crippen molar-refractivity contribution in [3.8, 4) is 11.3 Å². The maximum atomic E-state index is 13.2. The average molecular weight is 375 g/mol. The molecule has 2 saturated heterocycles. The lowest BCUT2D eigenvalue weighted by Gasteiger charge is -2.37. The lowest BCUT2D eigenvalue weighted by Crippen LogP contribution is -2.52. The number of pyridine rings is 1. The smallest absolute Gasteiger partial charge is 0.336 e. The first-order valence-corrected chi connectivity index (χ1v) is 9.09. The highest BCUT2D eigenvalue weighted by molar-refractivity contribution is 5.94. The number of carbonyl (C=O) groups is 1. The Balaban J connectivity index is 1.54. The Labute approximate surface area is 155 Å². The Hall–Kier alpha value is -2.41. The second kappa shape index (κ2) is 6.96. The number of carbonyl (C=O) groups excluding carboxylic acids is 1. The summed E-state index contributed by atoms with van der Waals surface area (Å²) in [4.78, 5) is 20.9. The van der Waals surface area contributed by atoms with Gasteiger partial charge in [-0.05, 0) is 43.7 Å². The summed E-state index contributed by atoms with van der Waals surface area (Å²) in [6, 6.07) is 8.98. The van der Waals surface area contributed by atoms with Crippen LogP contribution >= 0.6 is 0 Å². The number of rotatable bonds is 2. The quantitative estimate of drug-likeness (QED) is 0.803. The second-order valence-electron chi connectivity index (χ2n) is 7.06. The van der Waals surface area contributed by atoms with Crippen molar-refractivity contribution >= 4 is 5.91 Å². The molecule has 0 spiro atoms. The molecule has 0 saturated carbocycles. The number of nitrogens with zero attached hydrogens (tertiary/aromatic N) is 3. The molecule has 1 unspecified atom stereocenters. The van der Waals surface area contributed by atoms with Crippen molar-refractivity contribution in [2.24, 2.45) is 0 Å². The Kier molecular flexibility index (Phi) is 4.63. The topological polar surface area (TPSA) is 36.4 Å². The summed E-state index contributed by atoms with van der Waals surface area (Å²) >= 11 is 0. The highest BCUT2D eigenvalue weighted by atomic mass is 19.4. The molecule has 142 valence electrons. The molecule has 0 N–H and O–H groups in total. The minimum Gasteiger partial charge on any atom is -0.336 e. The van der Waals surface area contributed by atoms with Gasteiger partial charge in [0.2, 0.25) is 0 Å². The van der Waals surface area contributed by atoms with Gasteiger partial charge >= 0.3 is 6.18 Å². The van der Waals surface area contributed by atoms with Crippen molar-refractivity contribution in [2.45, 2.75) is 25.1 Å². The summed E-state index contributed by atoms with van der Waals surface area (Å²) in [5.41, 5.74) is -0.0558. The van der Waals surface area contributed by atoms with Crippen LogP contribution in [0.2, 0.25) is 0 Å². The molecule has 4 rings (SSSR count). The van der Waals surface area contributed by atoms with Crippen LogP contribution in [0.1, 0.15) is 28.8 Å². The number of hydrogen-bond acceptors (Lipinski definition) is 3. The van der Waals surface area contributed by atoms with Crippen LogP contribution in [0, 0.1) is 0 Å². The third-order valence-corrected chi connectivity index (χ3v) is 5.39. The van der Waals surface area contributed by atoms with Gasteiger partial charge in [0.25, 0.3) is 5.91 Å². The van der Waals surface area contributed by atoms with Crippen LogP contribution in [0.15, 0.2) is 42.6 Å². The van der Waals surface area contributed by atoms with E-state index in [9.17, 15) is 18.0 Å². The van der Waals surface area contributed by atoms with Gasteiger partial charge in [-0.25, -0.2) is 0 Å². The summed E-state index contributed by atoms with van der Waals surface area (Å²) in [7, 11) is 0. The fourth-order valence-electron chi connectivity index (χ4n) is 3.99. The first kappa shape index (κ1) is 18.0. The molecule has 0 aliphatic carbocycles. The van der Waals surface area contributed by atoms with Gasteiger partial charge in [0, 0.05) is 43.0 Å². The minimum absolute atomic E-state index is 0.0647. The van der Waals surface area contributed by atoms with E-state index in [0.29, 0.717) is 23.7 Å². The molecular weight excluding hydrogens is 355 g/mol. The molecule has 1 amide bonds. The number of fused-ring (bicyclic) bond motifs is 1. The van der Waals surface area contributed by atoms with Gasteiger partial charge in [-0.3, -0.25) is 14.7 Å². The molecule has 2 fully saturated rings. The van der Waals surface area contributed by atoms with E-state index in [0.717, 1.165) is 32.1 Å². The molecule has 4 nitrogen and oxygen atoms in total. The largest absolute Gasteiger partial charge is 0.418 e. The van der Waals surface area contributed by atoms with E-state index < -0.39 is 11.7 Å². The predicted octanol–water partition coefficient (Wildman–Crippen LogP) is 3.69. The number of amides is 1. The predicted molar refractivity (Wildman–Crippen MR) is 95.2 cm³/mol. The highest BCUT2D eigenvalue weighted by Gasteiger charge is 2.35. The van der Waals surface area contributed by atoms with Crippen molar-refractivity contribution in [3.63, 3.8) is 0 Å². The zero-order chi connectivity index (χ0) is 19.0. The number of alkyl halides is 3. The summed E-state index contributed by atoms with van der Waals surface area (Å²) in [5, 5.41) is 0. The van der Waals surface area contributed by atoms with E-state index in [2.05, 4.69) is 9.88 Å². The Morgan fingerprint density at radius 1 is 1.07 bits per heavy atom. The Bertz CT molecular complexity index is 835. The van der Waals surface area contributed by atoms with Crippen LogP contribution in [0.3, 0.4) is 0 Å². The van der Waals surface area contributed by atoms with Crippen LogP contribution in [-0.2, 0) is 6.18 Å². The number of aromatic nitrogens is 1. The number of benzene rings is 1. The van der Waals surface area contributed by atoms with Gasteiger partial charge in [-0.15, -0.1) is 0 Å². The van der Waals surface area contributed by atoms with Crippen LogP contribution in [-0.4, -0.2) is 52.9 Å². The van der Waals surface area contributed by atoms with Gasteiger partial charge < -0.3 is 4.90 Å². The van der Waals surface area contributed by atoms with Gasteiger partial charge in [0.05, 0.1) is 11.3 Å². The number of halogens is 3. The number of piperazine rings is 1. The fourth-order valence-corrected chi connectivity index (χ4v) is 3.99. The lowest BCUT2D eigenvalue weighted by molar-refractivity contribution is -0.137. The minimum atomic E-state index is -4.47. The Morgan fingerprint density at radius 3 is 2.59 bits per heavy atom. The van der Waals surface area contributed by atoms with E-state index in [-0.39, 0.29) is 11.6 Å². The Morgan fingerprint density at radius 2 is 1.85 bits per heavy atom. The molecule has 2 aliphatic heterocycles. The summed E-state index contributed by atoms with van der Waals surface area (Å²) in [5.74, 6) is -0.0647. The van der Waals surface area contributed by atoms with Crippen molar-refractivity contribution in [1.82, 2.24) is 14.8 Å². The molecule has 2 aliphatic rings. The maximum absolute atomic E-state index is 13.2. The molecule has 0 bridgehead atoms. The maximum Gasteiger partial charge on any atom is 0.418 e. The van der Waals surface area contributed by atoms with Crippen molar-refractivity contribution in [1.29, 1.82) is 0 Å². The molecular formula is C20H20F3N3O. The van der Waals surface area contributed by atoms with Crippen molar-refractivity contribution in [2.75, 3.05) is 26.2 Å². The standard InChI is InChI=1S/C20H20F3N3O/c21-20(22,23)17-4-1-9-24-18(17)14-5-7-15(8-6-14)19(27)26-12-11-25-10-2-3-16(25)13-26/h1,4-9,16H,2-3,10-13H2. The average Bonchev–Trinajstić information content (AvgIpc) is 3.15. The van der Waals surface area contributed by atoms with E-state index in [1.807, 2.05) is 4.90 Å². The van der Waals surface area contributed by atoms with Crippen LogP contribution < -0.4 is 0 Å². The first-order valence-electron chi connectivity index (χ1n) is 9.09. The SMILES string of the molecule is O=C(c1ccc(-c2ncccc2C(F)(F)F)cc1)N1CCN2CCCC2C1. The summed E-state index contributed by atoms with van der Waals surface area (Å²) < 4.78 is 39.6. The van der Waals surface area contributed by atoms with Crippen LogP contribution in [0.25, 0.3) is 11.3 Å². The van der Waals surface area contributed by atoms with Crippen molar-refractivity contribution in [3.05, 3.63) is 53.7 Å². The van der Waals surface area contributed by atoms with Gasteiger partial charge in [-0.1, -0.05) is 12.1 Å². The molecule has 7 heteroatoms. The summed E-state index contributed by atoms with van der Waals surface area (Å²) in [6.45, 7) is 3.40. The van der Waals surface area contributed by atoms with Gasteiger partial charge in [0.1, 0.15) is 0 Å². The third-order valence-electron chi connectivity index (χ3n) is 5.39. The fraction of sp³-hybridized carbons (Fsp3) is 0.400. The first-order chi connectivity index (χ1) is 12.9. The monoisotopic (exact) mass is 375 g/mol. The zero-order valence-electron chi connectivity index (χ0n) is 14.7. The van der Waals surface area contributed by atoms with Crippen molar-refractivity contribution < 1.29 is 18.0 Å². The van der Waals surface area contributed by atoms with Gasteiger partial charge in [-0.2, -0.15) is 13.2 Å². The highest BCUT2D eigenvalue weighted by Crippen LogP contribution is 2.35. The van der Waals surface area contributed by atoms with E-state index in [4.69, 9.17) is 0 Å². The molecule has 1 atom stereocenters. The van der Waals surface area contributed by atoms with E-state index in [1.54, 1.807) is 12.1 Å². The normalized spacial score (nSPS) is 20.6. The zero-order valence-corrected chi connectivity index (χ0v) is 14.7. The van der Waals surface area contributed by atoms with Crippen LogP contribution in [0.5, 0.6) is 0 Å². The molecule has 1 aromatic carbocycles. The third kappa shape index (κ3) is 3.56. The molecule has 3 heterocycles. The summed E-state index contributed by atoms with van der Waals surface area (Å²) in [6.07, 6.45) is -0.848. The molecule has 27 heavy (non-hydrogen) atoms. The van der Waals surface area contributed by atoms with Gasteiger partial charge in [0.15, 0.2) is 0 Å². The molecule has 1 aromatic heterocycles. The van der Waals surface area contributed by atoms with Crippen LogP contribution in [0.4, 0.5) is 13.2 Å². The molecule has 2 aromatic rings. The van der Waals surface area contributed by atoms with E-state index >= 15 is 0 Å². The van der Waals surface area contributed by atoms with E-state index in [1.165, 1.54) is 30.8 Å². The second-order valence-corrected chi connectivity index (χ2v) is 7.06. The lowest BCUT2D eigenvalue weighted by atomic mass is 10.0. The number of hydrogen-bond donors (Lipinski definition) is 0.